The lowest BCUT2D eigenvalue weighted by molar-refractivity contribution is -0.129. The molecule has 2 N–H and O–H groups in total. The minimum atomic E-state index is -0.632. The van der Waals surface area contributed by atoms with Crippen molar-refractivity contribution in [3.05, 3.63) is 77.6 Å². The lowest BCUT2D eigenvalue weighted by atomic mass is 10.0. The molecule has 3 rings (SSSR count). The molecule has 7 heteroatoms. The SMILES string of the molecule is CCN1CCN(C(=O)/C=C/c2cccc(/C=C/C(=O)NO)n2)CC1c1ccccc1. The Balaban J connectivity index is 1.67. The first-order chi connectivity index (χ1) is 14.6. The van der Waals surface area contributed by atoms with Gasteiger partial charge in [0.1, 0.15) is 0 Å². The number of nitrogens with zero attached hydrogens (tertiary/aromatic N) is 3. The van der Waals surface area contributed by atoms with Gasteiger partial charge in [-0.25, -0.2) is 10.5 Å². The summed E-state index contributed by atoms with van der Waals surface area (Å²) >= 11 is 0. The monoisotopic (exact) mass is 406 g/mol. The third-order valence-corrected chi connectivity index (χ3v) is 5.10. The molecule has 0 aliphatic carbocycles. The van der Waals surface area contributed by atoms with Gasteiger partial charge in [-0.1, -0.05) is 43.3 Å². The number of nitrogens with one attached hydrogen (secondary N) is 1. The second-order valence-corrected chi connectivity index (χ2v) is 6.97. The number of piperazine rings is 1. The zero-order chi connectivity index (χ0) is 21.3. The van der Waals surface area contributed by atoms with Crippen molar-refractivity contribution in [3.8, 4) is 0 Å². The van der Waals surface area contributed by atoms with Gasteiger partial charge in [-0.2, -0.15) is 0 Å². The molecule has 2 aromatic rings. The molecule has 0 saturated carbocycles. The van der Waals surface area contributed by atoms with Gasteiger partial charge in [-0.05, 0) is 36.4 Å². The van der Waals surface area contributed by atoms with E-state index >= 15 is 0 Å². The van der Waals surface area contributed by atoms with Gasteiger partial charge in [0, 0.05) is 31.8 Å². The Morgan fingerprint density at radius 3 is 2.43 bits per heavy atom. The Hall–Kier alpha value is -3.29. The van der Waals surface area contributed by atoms with Gasteiger partial charge in [-0.15, -0.1) is 0 Å². The second kappa shape index (κ2) is 10.5. The van der Waals surface area contributed by atoms with Crippen LogP contribution in [0.5, 0.6) is 0 Å². The van der Waals surface area contributed by atoms with E-state index in [0.29, 0.717) is 24.5 Å². The second-order valence-electron chi connectivity index (χ2n) is 6.97. The topological polar surface area (TPSA) is 85.8 Å². The van der Waals surface area contributed by atoms with Crippen LogP contribution in [0.3, 0.4) is 0 Å². The summed E-state index contributed by atoms with van der Waals surface area (Å²) in [5, 5.41) is 8.53. The third kappa shape index (κ3) is 5.62. The first-order valence-corrected chi connectivity index (χ1v) is 9.96. The van der Waals surface area contributed by atoms with Crippen molar-refractivity contribution < 1.29 is 14.8 Å². The fraction of sp³-hybridized carbons (Fsp3) is 0.261. The van der Waals surface area contributed by atoms with Crippen LogP contribution in [0.4, 0.5) is 0 Å². The zero-order valence-corrected chi connectivity index (χ0v) is 16.9. The van der Waals surface area contributed by atoms with Gasteiger partial charge in [0.2, 0.25) is 5.91 Å². The summed E-state index contributed by atoms with van der Waals surface area (Å²) in [7, 11) is 0. The predicted octanol–water partition coefficient (Wildman–Crippen LogP) is 2.52. The molecule has 1 aliphatic rings. The third-order valence-electron chi connectivity index (χ3n) is 5.10. The van der Waals surface area contributed by atoms with Crippen molar-refractivity contribution in [3.63, 3.8) is 0 Å². The van der Waals surface area contributed by atoms with Crippen LogP contribution in [0.1, 0.15) is 29.9 Å². The highest BCUT2D eigenvalue weighted by atomic mass is 16.5. The largest absolute Gasteiger partial charge is 0.336 e. The van der Waals surface area contributed by atoms with Crippen molar-refractivity contribution in [1.82, 2.24) is 20.3 Å². The number of carbonyl (C=O) groups is 2. The summed E-state index contributed by atoms with van der Waals surface area (Å²) in [6.07, 6.45) is 5.88. The Kier molecular flexibility index (Phi) is 7.48. The van der Waals surface area contributed by atoms with Crippen LogP contribution in [0, 0.1) is 0 Å². The van der Waals surface area contributed by atoms with Crippen LogP contribution >= 0.6 is 0 Å². The van der Waals surface area contributed by atoms with Crippen molar-refractivity contribution in [1.29, 1.82) is 0 Å². The van der Waals surface area contributed by atoms with E-state index in [1.54, 1.807) is 30.4 Å². The number of hydrogen-bond donors (Lipinski definition) is 2. The maximum atomic E-state index is 12.8. The molecule has 1 aliphatic heterocycles. The molecule has 0 radical (unpaired) electrons. The molecule has 0 bridgehead atoms. The van der Waals surface area contributed by atoms with E-state index in [1.165, 1.54) is 23.2 Å². The van der Waals surface area contributed by atoms with Crippen molar-refractivity contribution in [2.45, 2.75) is 13.0 Å². The fourth-order valence-corrected chi connectivity index (χ4v) is 3.51. The number of carbonyl (C=O) groups excluding carboxylic acids is 2. The molecule has 1 saturated heterocycles. The lowest BCUT2D eigenvalue weighted by Crippen LogP contribution is -2.49. The molecule has 7 nitrogen and oxygen atoms in total. The first-order valence-electron chi connectivity index (χ1n) is 9.96. The number of pyridine rings is 1. The fourth-order valence-electron chi connectivity index (χ4n) is 3.51. The summed E-state index contributed by atoms with van der Waals surface area (Å²) in [6.45, 7) is 5.25. The average Bonchev–Trinajstić information content (AvgIpc) is 2.81. The highest BCUT2D eigenvalue weighted by Gasteiger charge is 2.28. The standard InChI is InChI=1S/C23H26N4O3/c1-2-26-15-16-27(17-21(26)18-7-4-3-5-8-18)23(29)14-12-20-10-6-9-19(24-20)11-13-22(28)25-30/h3-14,21,30H,2,15-17H2,1H3,(H,25,28)/b13-11+,14-12+. The molecule has 2 amide bonds. The van der Waals surface area contributed by atoms with E-state index in [1.807, 2.05) is 23.1 Å². The smallest absolute Gasteiger partial charge is 0.267 e. The first kappa shape index (κ1) is 21.4. The zero-order valence-electron chi connectivity index (χ0n) is 16.9. The molecule has 1 aromatic carbocycles. The quantitative estimate of drug-likeness (QED) is 0.437. The molecule has 1 unspecified atom stereocenters. The Morgan fingerprint density at radius 2 is 1.77 bits per heavy atom. The molecular weight excluding hydrogens is 380 g/mol. The van der Waals surface area contributed by atoms with E-state index in [0.717, 1.165) is 13.1 Å². The van der Waals surface area contributed by atoms with Crippen LogP contribution in [-0.4, -0.2) is 58.0 Å². The summed E-state index contributed by atoms with van der Waals surface area (Å²) in [5.41, 5.74) is 3.91. The van der Waals surface area contributed by atoms with Crippen LogP contribution in [0.2, 0.25) is 0 Å². The van der Waals surface area contributed by atoms with Gasteiger partial charge >= 0.3 is 0 Å². The number of hydroxylamine groups is 1. The van der Waals surface area contributed by atoms with E-state index < -0.39 is 5.91 Å². The van der Waals surface area contributed by atoms with E-state index in [4.69, 9.17) is 5.21 Å². The highest BCUT2D eigenvalue weighted by molar-refractivity contribution is 5.92. The number of hydrogen-bond acceptors (Lipinski definition) is 5. The highest BCUT2D eigenvalue weighted by Crippen LogP contribution is 2.25. The van der Waals surface area contributed by atoms with Crippen molar-refractivity contribution in [2.24, 2.45) is 0 Å². The summed E-state index contributed by atoms with van der Waals surface area (Å²) in [4.78, 5) is 32.5. The number of amides is 2. The van der Waals surface area contributed by atoms with E-state index in [9.17, 15) is 9.59 Å². The summed E-state index contributed by atoms with van der Waals surface area (Å²) in [5.74, 6) is -0.679. The molecule has 156 valence electrons. The predicted molar refractivity (Wildman–Crippen MR) is 115 cm³/mol. The van der Waals surface area contributed by atoms with Gasteiger partial charge < -0.3 is 4.90 Å². The van der Waals surface area contributed by atoms with Gasteiger partial charge in [0.05, 0.1) is 17.4 Å². The minimum Gasteiger partial charge on any atom is -0.336 e. The molecular formula is C23H26N4O3. The van der Waals surface area contributed by atoms with Crippen LogP contribution < -0.4 is 5.48 Å². The molecule has 1 aromatic heterocycles. The van der Waals surface area contributed by atoms with Crippen molar-refractivity contribution in [2.75, 3.05) is 26.2 Å². The minimum absolute atomic E-state index is 0.0471. The Morgan fingerprint density at radius 1 is 1.07 bits per heavy atom. The van der Waals surface area contributed by atoms with Gasteiger partial charge in [0.25, 0.3) is 5.91 Å². The lowest BCUT2D eigenvalue weighted by Gasteiger charge is -2.41. The van der Waals surface area contributed by atoms with Crippen LogP contribution in [0.25, 0.3) is 12.2 Å². The maximum Gasteiger partial charge on any atom is 0.267 e. The summed E-state index contributed by atoms with van der Waals surface area (Å²) < 4.78 is 0. The normalized spacial score (nSPS) is 17.5. The Bertz CT molecular complexity index is 927. The molecule has 0 spiro atoms. The van der Waals surface area contributed by atoms with E-state index in [2.05, 4.69) is 28.9 Å². The van der Waals surface area contributed by atoms with E-state index in [-0.39, 0.29) is 11.9 Å². The molecule has 2 heterocycles. The van der Waals surface area contributed by atoms with Crippen molar-refractivity contribution >= 4 is 24.0 Å². The van der Waals surface area contributed by atoms with Gasteiger partial charge in [0.15, 0.2) is 0 Å². The molecule has 1 atom stereocenters. The van der Waals surface area contributed by atoms with Crippen LogP contribution in [-0.2, 0) is 9.59 Å². The number of aromatic nitrogens is 1. The molecule has 30 heavy (non-hydrogen) atoms. The van der Waals surface area contributed by atoms with Crippen LogP contribution in [0.15, 0.2) is 60.7 Å². The number of rotatable bonds is 6. The summed E-state index contributed by atoms with van der Waals surface area (Å²) in [6, 6.07) is 15.8. The molecule has 1 fully saturated rings. The maximum absolute atomic E-state index is 12.8. The number of benzene rings is 1. The average molecular weight is 406 g/mol. The Labute approximate surface area is 176 Å². The van der Waals surface area contributed by atoms with Gasteiger partial charge in [-0.3, -0.25) is 19.7 Å². The number of likely N-dealkylation sites (N-methyl/N-ethyl adjacent to an activating group) is 1.